The van der Waals surface area contributed by atoms with Gasteiger partial charge in [0.1, 0.15) is 11.6 Å². The van der Waals surface area contributed by atoms with Gasteiger partial charge in [-0.05, 0) is 30.3 Å². The fraction of sp³-hybridized carbons (Fsp3) is 0.143. The summed E-state index contributed by atoms with van der Waals surface area (Å²) in [7, 11) is 1.40. The zero-order valence-corrected chi connectivity index (χ0v) is 11.0. The largest absolute Gasteiger partial charge is 0.495 e. The normalized spacial score (nSPS) is 11.3. The van der Waals surface area contributed by atoms with E-state index in [0.717, 1.165) is 6.07 Å². The van der Waals surface area contributed by atoms with E-state index in [1.807, 2.05) is 0 Å². The molecule has 0 fully saturated rings. The number of halogens is 4. The third kappa shape index (κ3) is 3.18. The summed E-state index contributed by atoms with van der Waals surface area (Å²) < 4.78 is 56.6. The Labute approximate surface area is 118 Å². The fourth-order valence-corrected chi connectivity index (χ4v) is 1.77. The molecule has 3 nitrogen and oxygen atoms in total. The van der Waals surface area contributed by atoms with E-state index in [1.165, 1.54) is 13.2 Å². The van der Waals surface area contributed by atoms with E-state index in [2.05, 4.69) is 5.32 Å². The highest BCUT2D eigenvalue weighted by Gasteiger charge is 2.31. The van der Waals surface area contributed by atoms with Crippen molar-refractivity contribution in [1.82, 2.24) is 0 Å². The van der Waals surface area contributed by atoms with Crippen molar-refractivity contribution in [3.63, 3.8) is 0 Å². The van der Waals surface area contributed by atoms with Gasteiger partial charge < -0.3 is 15.8 Å². The highest BCUT2D eigenvalue weighted by Crippen LogP contribution is 2.35. The van der Waals surface area contributed by atoms with Crippen LogP contribution < -0.4 is 15.8 Å². The molecule has 0 saturated heterocycles. The van der Waals surface area contributed by atoms with Gasteiger partial charge >= 0.3 is 6.18 Å². The standard InChI is InChI=1S/C14H12F4N2O/c1-21-12-4-2-3-10(13(12)19)20-11-7-8(14(16,17)18)5-6-9(11)15/h2-7,20H,19H2,1H3. The molecule has 0 atom stereocenters. The van der Waals surface area contributed by atoms with Crippen molar-refractivity contribution in [2.45, 2.75) is 6.18 Å². The lowest BCUT2D eigenvalue weighted by Crippen LogP contribution is -2.07. The third-order valence-corrected chi connectivity index (χ3v) is 2.85. The third-order valence-electron chi connectivity index (χ3n) is 2.85. The molecule has 21 heavy (non-hydrogen) atoms. The number of benzene rings is 2. The molecule has 0 unspecified atom stereocenters. The minimum atomic E-state index is -4.55. The SMILES string of the molecule is COc1cccc(Nc2cc(C(F)(F)F)ccc2F)c1N. The summed E-state index contributed by atoms with van der Waals surface area (Å²) in [5.74, 6) is -0.474. The lowest BCUT2D eigenvalue weighted by molar-refractivity contribution is -0.137. The summed E-state index contributed by atoms with van der Waals surface area (Å²) >= 11 is 0. The molecule has 3 N–H and O–H groups in total. The van der Waals surface area contributed by atoms with Gasteiger partial charge in [0.25, 0.3) is 0 Å². The van der Waals surface area contributed by atoms with Crippen LogP contribution in [0.3, 0.4) is 0 Å². The number of alkyl halides is 3. The Morgan fingerprint density at radius 1 is 1.10 bits per heavy atom. The Balaban J connectivity index is 2.40. The van der Waals surface area contributed by atoms with Gasteiger partial charge in [-0.3, -0.25) is 0 Å². The van der Waals surface area contributed by atoms with Crippen molar-refractivity contribution in [2.75, 3.05) is 18.2 Å². The molecule has 2 aromatic rings. The number of anilines is 3. The van der Waals surface area contributed by atoms with Crippen LogP contribution in [0.2, 0.25) is 0 Å². The predicted molar refractivity (Wildman–Crippen MR) is 72.1 cm³/mol. The van der Waals surface area contributed by atoms with E-state index >= 15 is 0 Å². The maximum Gasteiger partial charge on any atom is 0.416 e. The van der Waals surface area contributed by atoms with Crippen molar-refractivity contribution in [1.29, 1.82) is 0 Å². The summed E-state index contributed by atoms with van der Waals surface area (Å²) in [6.07, 6.45) is -4.55. The van der Waals surface area contributed by atoms with Crippen molar-refractivity contribution >= 4 is 17.1 Å². The van der Waals surface area contributed by atoms with E-state index in [4.69, 9.17) is 10.5 Å². The molecule has 0 spiro atoms. The highest BCUT2D eigenvalue weighted by atomic mass is 19.4. The number of nitrogen functional groups attached to an aromatic ring is 1. The van der Waals surface area contributed by atoms with Crippen LogP contribution in [0.15, 0.2) is 36.4 Å². The molecule has 7 heteroatoms. The Morgan fingerprint density at radius 3 is 2.43 bits per heavy atom. The van der Waals surface area contributed by atoms with Crippen molar-refractivity contribution in [3.05, 3.63) is 47.8 Å². The summed E-state index contributed by atoms with van der Waals surface area (Å²) in [4.78, 5) is 0. The van der Waals surface area contributed by atoms with Crippen molar-refractivity contribution in [3.8, 4) is 5.75 Å². The monoisotopic (exact) mass is 300 g/mol. The molecule has 0 bridgehead atoms. The first-order valence-electron chi connectivity index (χ1n) is 5.89. The molecule has 0 aliphatic heterocycles. The Kier molecular flexibility index (Phi) is 3.93. The van der Waals surface area contributed by atoms with Gasteiger partial charge in [-0.25, -0.2) is 4.39 Å². The average Bonchev–Trinajstić information content (AvgIpc) is 2.42. The Hall–Kier alpha value is -2.44. The summed E-state index contributed by atoms with van der Waals surface area (Å²) in [5, 5.41) is 2.55. The number of para-hydroxylation sites is 1. The van der Waals surface area contributed by atoms with Crippen LogP contribution in [0.4, 0.5) is 34.6 Å². The molecule has 2 rings (SSSR count). The van der Waals surface area contributed by atoms with Gasteiger partial charge in [0.15, 0.2) is 0 Å². The number of hydrogen-bond donors (Lipinski definition) is 2. The number of nitrogens with two attached hydrogens (primary N) is 1. The zero-order valence-electron chi connectivity index (χ0n) is 11.0. The van der Waals surface area contributed by atoms with Crippen LogP contribution >= 0.6 is 0 Å². The topological polar surface area (TPSA) is 47.3 Å². The number of rotatable bonds is 3. The number of hydrogen-bond acceptors (Lipinski definition) is 3. The van der Waals surface area contributed by atoms with Gasteiger partial charge in [0.2, 0.25) is 0 Å². The first-order chi connectivity index (χ1) is 9.82. The first-order valence-corrected chi connectivity index (χ1v) is 5.89. The second-order valence-electron chi connectivity index (χ2n) is 4.24. The highest BCUT2D eigenvalue weighted by molar-refractivity contribution is 5.77. The molecule has 0 heterocycles. The van der Waals surface area contributed by atoms with Crippen LogP contribution in [0, 0.1) is 5.82 Å². The molecule has 112 valence electrons. The van der Waals surface area contributed by atoms with Crippen LogP contribution in [0.1, 0.15) is 5.56 Å². The zero-order chi connectivity index (χ0) is 15.6. The fourth-order valence-electron chi connectivity index (χ4n) is 1.77. The molecule has 0 aliphatic carbocycles. The van der Waals surface area contributed by atoms with Crippen molar-refractivity contribution < 1.29 is 22.3 Å². The summed E-state index contributed by atoms with van der Waals surface area (Å²) in [6, 6.07) is 6.80. The predicted octanol–water partition coefficient (Wildman–Crippen LogP) is 4.18. The van der Waals surface area contributed by atoms with E-state index < -0.39 is 17.6 Å². The van der Waals surface area contributed by atoms with Crippen molar-refractivity contribution in [2.24, 2.45) is 0 Å². The Morgan fingerprint density at radius 2 is 1.81 bits per heavy atom. The van der Waals surface area contributed by atoms with E-state index in [9.17, 15) is 17.6 Å². The number of methoxy groups -OCH3 is 1. The molecular formula is C14H12F4N2O. The molecule has 0 amide bonds. The lowest BCUT2D eigenvalue weighted by atomic mass is 10.1. The average molecular weight is 300 g/mol. The number of nitrogens with one attached hydrogen (secondary N) is 1. The van der Waals surface area contributed by atoms with Crippen LogP contribution in [-0.4, -0.2) is 7.11 Å². The molecular weight excluding hydrogens is 288 g/mol. The lowest BCUT2D eigenvalue weighted by Gasteiger charge is -2.14. The van der Waals surface area contributed by atoms with Crippen LogP contribution in [0.5, 0.6) is 5.75 Å². The quantitative estimate of drug-likeness (QED) is 0.660. The van der Waals surface area contributed by atoms with Gasteiger partial charge in [0, 0.05) is 0 Å². The Bertz CT molecular complexity index is 656. The minimum Gasteiger partial charge on any atom is -0.495 e. The minimum absolute atomic E-state index is 0.178. The van der Waals surface area contributed by atoms with E-state index in [0.29, 0.717) is 17.9 Å². The van der Waals surface area contributed by atoms with Crippen LogP contribution in [0.25, 0.3) is 0 Å². The smallest absolute Gasteiger partial charge is 0.416 e. The maximum absolute atomic E-state index is 13.7. The van der Waals surface area contributed by atoms with Gasteiger partial charge in [0.05, 0.1) is 29.7 Å². The molecule has 2 aromatic carbocycles. The molecule has 0 saturated carbocycles. The van der Waals surface area contributed by atoms with Gasteiger partial charge in [-0.1, -0.05) is 6.07 Å². The summed E-state index contributed by atoms with van der Waals surface area (Å²) in [6.45, 7) is 0. The summed E-state index contributed by atoms with van der Waals surface area (Å²) in [5.41, 5.74) is 4.95. The molecule has 0 aromatic heterocycles. The van der Waals surface area contributed by atoms with Crippen LogP contribution in [-0.2, 0) is 6.18 Å². The second kappa shape index (κ2) is 5.51. The molecule has 0 radical (unpaired) electrons. The first kappa shape index (κ1) is 15.0. The van der Waals surface area contributed by atoms with E-state index in [-0.39, 0.29) is 17.1 Å². The molecule has 0 aliphatic rings. The maximum atomic E-state index is 13.7. The van der Waals surface area contributed by atoms with E-state index in [1.54, 1.807) is 12.1 Å². The van der Waals surface area contributed by atoms with Gasteiger partial charge in [-0.15, -0.1) is 0 Å². The second-order valence-corrected chi connectivity index (χ2v) is 4.24. The number of ether oxygens (including phenoxy) is 1. The van der Waals surface area contributed by atoms with Gasteiger partial charge in [-0.2, -0.15) is 13.2 Å².